The fourth-order valence-corrected chi connectivity index (χ4v) is 2.68. The smallest absolute Gasteiger partial charge is 0.234 e. The highest BCUT2D eigenvalue weighted by Gasteiger charge is 2.08. The minimum atomic E-state index is -0.442. The molecular formula is C19H13ClFN3O. The van der Waals surface area contributed by atoms with Gasteiger partial charge < -0.3 is 4.74 Å². The van der Waals surface area contributed by atoms with E-state index in [0.717, 1.165) is 22.6 Å². The molecule has 2 heterocycles. The number of halogens is 2. The van der Waals surface area contributed by atoms with Gasteiger partial charge >= 0.3 is 0 Å². The van der Waals surface area contributed by atoms with Gasteiger partial charge in [0.1, 0.15) is 18.2 Å². The lowest BCUT2D eigenvalue weighted by Crippen LogP contribution is -1.94. The molecule has 25 heavy (non-hydrogen) atoms. The molecule has 0 fully saturated rings. The summed E-state index contributed by atoms with van der Waals surface area (Å²) in [7, 11) is 0. The molecule has 4 rings (SSSR count). The minimum absolute atomic E-state index is 0.0835. The Bertz CT molecular complexity index is 1030. The van der Waals surface area contributed by atoms with Crippen LogP contribution in [0.25, 0.3) is 16.9 Å². The molecule has 0 amide bonds. The van der Waals surface area contributed by atoms with E-state index in [1.165, 1.54) is 6.07 Å². The van der Waals surface area contributed by atoms with Gasteiger partial charge in [-0.1, -0.05) is 35.9 Å². The number of rotatable bonds is 4. The maximum atomic E-state index is 13.3. The molecule has 0 aliphatic rings. The molecule has 0 saturated carbocycles. The maximum absolute atomic E-state index is 13.3. The van der Waals surface area contributed by atoms with Crippen molar-refractivity contribution in [3.05, 3.63) is 83.7 Å². The van der Waals surface area contributed by atoms with Crippen molar-refractivity contribution in [3.63, 3.8) is 0 Å². The first kappa shape index (κ1) is 15.6. The summed E-state index contributed by atoms with van der Waals surface area (Å²) in [6.45, 7) is 0.352. The Kier molecular flexibility index (Phi) is 4.07. The van der Waals surface area contributed by atoms with E-state index in [2.05, 4.69) is 9.97 Å². The van der Waals surface area contributed by atoms with E-state index >= 15 is 0 Å². The standard InChI is InChI=1S/C19H13ClFN3O/c20-17-8-13(6-7-18(17)21)14-9-22-19-23-15(11-24(19)10-14)12-25-16-4-2-1-3-5-16/h1-11H,12H2. The van der Waals surface area contributed by atoms with Gasteiger partial charge in [-0.05, 0) is 29.8 Å². The summed E-state index contributed by atoms with van der Waals surface area (Å²) in [5.74, 6) is 0.917. The zero-order chi connectivity index (χ0) is 17.2. The average molecular weight is 354 g/mol. The van der Waals surface area contributed by atoms with E-state index in [4.69, 9.17) is 16.3 Å². The highest BCUT2D eigenvalue weighted by Crippen LogP contribution is 2.24. The first-order chi connectivity index (χ1) is 12.2. The average Bonchev–Trinajstić information content (AvgIpc) is 3.05. The third-order valence-corrected chi connectivity index (χ3v) is 4.03. The van der Waals surface area contributed by atoms with Gasteiger partial charge in [0, 0.05) is 24.2 Å². The third kappa shape index (κ3) is 3.32. The molecule has 2 aromatic carbocycles. The fourth-order valence-electron chi connectivity index (χ4n) is 2.50. The van der Waals surface area contributed by atoms with Crippen LogP contribution >= 0.6 is 11.6 Å². The molecule has 0 spiro atoms. The summed E-state index contributed by atoms with van der Waals surface area (Å²) in [5.41, 5.74) is 2.38. The van der Waals surface area contributed by atoms with Crippen molar-refractivity contribution in [1.29, 1.82) is 0 Å². The van der Waals surface area contributed by atoms with Crippen molar-refractivity contribution in [2.75, 3.05) is 0 Å². The van der Waals surface area contributed by atoms with Crippen molar-refractivity contribution in [2.24, 2.45) is 0 Å². The van der Waals surface area contributed by atoms with Gasteiger partial charge in [0.05, 0.1) is 10.7 Å². The van der Waals surface area contributed by atoms with Gasteiger partial charge in [-0.15, -0.1) is 0 Å². The van der Waals surface area contributed by atoms with Crippen LogP contribution in [0.3, 0.4) is 0 Å². The molecule has 4 nitrogen and oxygen atoms in total. The van der Waals surface area contributed by atoms with Crippen LogP contribution in [0, 0.1) is 5.82 Å². The largest absolute Gasteiger partial charge is 0.487 e. The van der Waals surface area contributed by atoms with E-state index < -0.39 is 5.82 Å². The van der Waals surface area contributed by atoms with Crippen LogP contribution in [0.15, 0.2) is 67.1 Å². The SMILES string of the molecule is Fc1ccc(-c2cnc3nc(COc4ccccc4)cn3c2)cc1Cl. The minimum Gasteiger partial charge on any atom is -0.487 e. The summed E-state index contributed by atoms with van der Waals surface area (Å²) in [6, 6.07) is 14.1. The van der Waals surface area contributed by atoms with Gasteiger partial charge in [0.25, 0.3) is 0 Å². The van der Waals surface area contributed by atoms with Crippen molar-refractivity contribution in [1.82, 2.24) is 14.4 Å². The van der Waals surface area contributed by atoms with Crippen LogP contribution in [0.2, 0.25) is 5.02 Å². The summed E-state index contributed by atoms with van der Waals surface area (Å²) in [4.78, 5) is 8.78. The van der Waals surface area contributed by atoms with Gasteiger partial charge in [-0.2, -0.15) is 0 Å². The molecule has 124 valence electrons. The first-order valence-corrected chi connectivity index (χ1v) is 8.04. The third-order valence-electron chi connectivity index (χ3n) is 3.74. The van der Waals surface area contributed by atoms with Crippen LogP contribution in [0.1, 0.15) is 5.69 Å². The quantitative estimate of drug-likeness (QED) is 0.530. The molecule has 0 atom stereocenters. The van der Waals surface area contributed by atoms with Crippen LogP contribution in [-0.2, 0) is 6.61 Å². The summed E-state index contributed by atoms with van der Waals surface area (Å²) < 4.78 is 20.8. The predicted octanol–water partition coefficient (Wildman–Crippen LogP) is 4.77. The second-order valence-electron chi connectivity index (χ2n) is 5.51. The molecule has 0 aliphatic heterocycles. The molecule has 0 aliphatic carbocycles. The number of aromatic nitrogens is 3. The number of benzene rings is 2. The van der Waals surface area contributed by atoms with Crippen molar-refractivity contribution >= 4 is 17.4 Å². The van der Waals surface area contributed by atoms with Crippen molar-refractivity contribution in [3.8, 4) is 16.9 Å². The Labute approximate surface area is 148 Å². The highest BCUT2D eigenvalue weighted by molar-refractivity contribution is 6.31. The Hall–Kier alpha value is -2.92. The number of para-hydroxylation sites is 1. The lowest BCUT2D eigenvalue weighted by Gasteiger charge is -2.03. The monoisotopic (exact) mass is 353 g/mol. The zero-order valence-corrected chi connectivity index (χ0v) is 13.8. The lowest BCUT2D eigenvalue weighted by molar-refractivity contribution is 0.302. The van der Waals surface area contributed by atoms with E-state index in [1.54, 1.807) is 18.3 Å². The van der Waals surface area contributed by atoms with E-state index in [-0.39, 0.29) is 5.02 Å². The second-order valence-corrected chi connectivity index (χ2v) is 5.92. The normalized spacial score (nSPS) is 11.0. The van der Waals surface area contributed by atoms with Crippen LogP contribution in [-0.4, -0.2) is 14.4 Å². The molecule has 0 unspecified atom stereocenters. The Morgan fingerprint density at radius 2 is 1.88 bits per heavy atom. The molecule has 4 aromatic rings. The molecular weight excluding hydrogens is 341 g/mol. The number of hydrogen-bond donors (Lipinski definition) is 0. The topological polar surface area (TPSA) is 39.4 Å². The number of fused-ring (bicyclic) bond motifs is 1. The molecule has 0 N–H and O–H groups in total. The number of hydrogen-bond acceptors (Lipinski definition) is 3. The Morgan fingerprint density at radius 3 is 2.68 bits per heavy atom. The number of ether oxygens (including phenoxy) is 1. The molecule has 2 aromatic heterocycles. The Balaban J connectivity index is 1.59. The first-order valence-electron chi connectivity index (χ1n) is 7.66. The van der Waals surface area contributed by atoms with Gasteiger partial charge in [-0.25, -0.2) is 14.4 Å². The van der Waals surface area contributed by atoms with E-state index in [0.29, 0.717) is 12.4 Å². The number of imidazole rings is 1. The fraction of sp³-hybridized carbons (Fsp3) is 0.0526. The highest BCUT2D eigenvalue weighted by atomic mass is 35.5. The van der Waals surface area contributed by atoms with Crippen LogP contribution < -0.4 is 4.74 Å². The van der Waals surface area contributed by atoms with Crippen molar-refractivity contribution in [2.45, 2.75) is 6.61 Å². The maximum Gasteiger partial charge on any atom is 0.234 e. The molecule has 6 heteroatoms. The van der Waals surface area contributed by atoms with Crippen LogP contribution in [0.5, 0.6) is 5.75 Å². The van der Waals surface area contributed by atoms with E-state index in [1.807, 2.05) is 47.1 Å². The van der Waals surface area contributed by atoms with E-state index in [9.17, 15) is 4.39 Å². The second kappa shape index (κ2) is 6.53. The molecule has 0 saturated heterocycles. The van der Waals surface area contributed by atoms with Crippen molar-refractivity contribution < 1.29 is 9.13 Å². The molecule has 0 bridgehead atoms. The summed E-state index contributed by atoms with van der Waals surface area (Å²) in [6.07, 6.45) is 5.43. The summed E-state index contributed by atoms with van der Waals surface area (Å²) in [5, 5.41) is 0.0835. The predicted molar refractivity (Wildman–Crippen MR) is 94.2 cm³/mol. The van der Waals surface area contributed by atoms with Gasteiger partial charge in [0.15, 0.2) is 0 Å². The number of nitrogens with zero attached hydrogens (tertiary/aromatic N) is 3. The molecule has 0 radical (unpaired) electrons. The Morgan fingerprint density at radius 1 is 1.04 bits per heavy atom. The zero-order valence-electron chi connectivity index (χ0n) is 13.1. The van der Waals surface area contributed by atoms with Gasteiger partial charge in [0.2, 0.25) is 5.78 Å². The van der Waals surface area contributed by atoms with Crippen LogP contribution in [0.4, 0.5) is 4.39 Å². The summed E-state index contributed by atoms with van der Waals surface area (Å²) >= 11 is 5.85. The van der Waals surface area contributed by atoms with Gasteiger partial charge in [-0.3, -0.25) is 4.40 Å². The lowest BCUT2D eigenvalue weighted by atomic mass is 10.1.